The molecular weight excluding hydrogens is 508 g/mol. The van der Waals surface area contributed by atoms with Crippen molar-refractivity contribution in [2.45, 2.75) is 45.6 Å². The molecule has 0 radical (unpaired) electrons. The number of carboxylic acids is 1. The minimum absolute atomic E-state index is 0.190. The van der Waals surface area contributed by atoms with Gasteiger partial charge in [-0.3, -0.25) is 13.6 Å². The Morgan fingerprint density at radius 2 is 1.47 bits per heavy atom. The molecule has 0 aliphatic carbocycles. The Morgan fingerprint density at radius 1 is 0.971 bits per heavy atom. The van der Waals surface area contributed by atoms with Crippen LogP contribution in [0.5, 0.6) is 0 Å². The first-order chi connectivity index (χ1) is 15.8. The molecule has 0 aliphatic heterocycles. The molecule has 0 fully saturated rings. The summed E-state index contributed by atoms with van der Waals surface area (Å²) in [6, 6.07) is 11.7. The van der Waals surface area contributed by atoms with Crippen LogP contribution in [0.25, 0.3) is 0 Å². The van der Waals surface area contributed by atoms with Crippen molar-refractivity contribution in [2.24, 2.45) is 0 Å². The zero-order valence-electron chi connectivity index (χ0n) is 18.8. The smallest absolute Gasteiger partial charge is 0.475 e. The number of benzene rings is 2. The van der Waals surface area contributed by atoms with Crippen molar-refractivity contribution in [3.8, 4) is 0 Å². The SMILES string of the molecule is CC(C)(C)OC(=O)N[C@@H](COP(=O)(OCc1cccc(Cl)c1)OCc1cccc(Cl)c1)C(=O)O. The number of carbonyl (C=O) groups is 2. The fraction of sp³-hybridized carbons (Fsp3) is 0.364. The van der Waals surface area contributed by atoms with Crippen molar-refractivity contribution in [3.05, 3.63) is 69.7 Å². The molecule has 0 unspecified atom stereocenters. The van der Waals surface area contributed by atoms with Gasteiger partial charge in [-0.1, -0.05) is 47.5 Å². The molecule has 2 rings (SSSR count). The summed E-state index contributed by atoms with van der Waals surface area (Å²) in [5, 5.41) is 12.5. The highest BCUT2D eigenvalue weighted by Crippen LogP contribution is 2.51. The zero-order valence-corrected chi connectivity index (χ0v) is 21.2. The van der Waals surface area contributed by atoms with Crippen LogP contribution in [0.2, 0.25) is 10.0 Å². The summed E-state index contributed by atoms with van der Waals surface area (Å²) in [6.45, 7) is 3.79. The van der Waals surface area contributed by atoms with Crippen LogP contribution in [0.15, 0.2) is 48.5 Å². The summed E-state index contributed by atoms with van der Waals surface area (Å²) in [6.07, 6.45) is -0.974. The average molecular weight is 534 g/mol. The van der Waals surface area contributed by atoms with Crippen LogP contribution in [-0.2, 0) is 40.9 Å². The van der Waals surface area contributed by atoms with Crippen molar-refractivity contribution >= 4 is 43.1 Å². The van der Waals surface area contributed by atoms with Gasteiger partial charge in [0.2, 0.25) is 0 Å². The van der Waals surface area contributed by atoms with Crippen molar-refractivity contribution in [2.75, 3.05) is 6.61 Å². The molecule has 1 amide bonds. The van der Waals surface area contributed by atoms with Crippen molar-refractivity contribution < 1.29 is 37.6 Å². The molecule has 0 heterocycles. The van der Waals surface area contributed by atoms with E-state index in [0.717, 1.165) is 0 Å². The first kappa shape index (κ1) is 28.1. The van der Waals surface area contributed by atoms with E-state index in [2.05, 4.69) is 5.32 Å². The summed E-state index contributed by atoms with van der Waals surface area (Å²) >= 11 is 11.9. The predicted molar refractivity (Wildman–Crippen MR) is 127 cm³/mol. The van der Waals surface area contributed by atoms with Gasteiger partial charge in [0.05, 0.1) is 19.8 Å². The number of amides is 1. The fourth-order valence-corrected chi connectivity index (χ4v) is 4.06. The lowest BCUT2D eigenvalue weighted by Crippen LogP contribution is -2.46. The molecular formula is C22H26Cl2NO8P. The maximum Gasteiger partial charge on any atom is 0.475 e. The third kappa shape index (κ3) is 10.4. The number of ether oxygens (including phenoxy) is 1. The molecule has 2 aromatic carbocycles. The number of phosphoric acid groups is 1. The van der Waals surface area contributed by atoms with Gasteiger partial charge in [-0.15, -0.1) is 0 Å². The minimum Gasteiger partial charge on any atom is -0.480 e. The Balaban J connectivity index is 2.11. The monoisotopic (exact) mass is 533 g/mol. The molecule has 12 heteroatoms. The molecule has 0 bridgehead atoms. The number of rotatable bonds is 11. The van der Waals surface area contributed by atoms with Crippen molar-refractivity contribution in [1.82, 2.24) is 5.32 Å². The van der Waals surface area contributed by atoms with Gasteiger partial charge < -0.3 is 15.2 Å². The largest absolute Gasteiger partial charge is 0.480 e. The third-order valence-electron chi connectivity index (χ3n) is 3.95. The Labute approximate surface area is 207 Å². The minimum atomic E-state index is -4.30. The second kappa shape index (κ2) is 12.5. The number of hydrogen-bond donors (Lipinski definition) is 2. The highest BCUT2D eigenvalue weighted by Gasteiger charge is 2.32. The van der Waals surface area contributed by atoms with E-state index in [4.69, 9.17) is 41.5 Å². The van der Waals surface area contributed by atoms with Gasteiger partial charge in [0.1, 0.15) is 5.60 Å². The molecule has 1 atom stereocenters. The Hall–Kier alpha value is -2.13. The molecule has 0 aliphatic rings. The molecule has 0 saturated carbocycles. The van der Waals surface area contributed by atoms with Gasteiger partial charge >= 0.3 is 19.9 Å². The lowest BCUT2D eigenvalue weighted by atomic mass is 10.2. The maximum atomic E-state index is 13.3. The molecule has 0 saturated heterocycles. The fourth-order valence-electron chi connectivity index (χ4n) is 2.46. The maximum absolute atomic E-state index is 13.3. The van der Waals surface area contributed by atoms with E-state index in [9.17, 15) is 19.3 Å². The van der Waals surface area contributed by atoms with Crippen molar-refractivity contribution in [3.63, 3.8) is 0 Å². The highest BCUT2D eigenvalue weighted by molar-refractivity contribution is 7.48. The van der Waals surface area contributed by atoms with Gasteiger partial charge in [0.15, 0.2) is 6.04 Å². The Kier molecular flexibility index (Phi) is 10.4. The number of aliphatic carboxylic acids is 1. The topological polar surface area (TPSA) is 120 Å². The second-order valence-electron chi connectivity index (χ2n) is 8.09. The summed E-state index contributed by atoms with van der Waals surface area (Å²) in [7, 11) is -4.30. The lowest BCUT2D eigenvalue weighted by Gasteiger charge is -2.23. The van der Waals surface area contributed by atoms with Crippen LogP contribution in [0.1, 0.15) is 31.9 Å². The number of nitrogens with one attached hydrogen (secondary N) is 1. The predicted octanol–water partition coefficient (Wildman–Crippen LogP) is 5.83. The summed E-state index contributed by atoms with van der Waals surface area (Å²) in [5.41, 5.74) is 0.331. The third-order valence-corrected chi connectivity index (χ3v) is 5.77. The first-order valence-corrected chi connectivity index (χ1v) is 12.3. The number of phosphoric ester groups is 1. The molecule has 2 aromatic rings. The normalized spacial score (nSPS) is 12.7. The summed E-state index contributed by atoms with van der Waals surface area (Å²) < 4.78 is 34.5. The number of hydrogen-bond acceptors (Lipinski definition) is 7. The average Bonchev–Trinajstić information content (AvgIpc) is 2.73. The second-order valence-corrected chi connectivity index (χ2v) is 10.6. The lowest BCUT2D eigenvalue weighted by molar-refractivity contribution is -0.140. The van der Waals surface area contributed by atoms with E-state index < -0.39 is 38.1 Å². The van der Waals surface area contributed by atoms with Gasteiger partial charge in [0, 0.05) is 10.0 Å². The van der Waals surface area contributed by atoms with Gasteiger partial charge in [-0.2, -0.15) is 0 Å². The van der Waals surface area contributed by atoms with Crippen LogP contribution in [0.4, 0.5) is 4.79 Å². The molecule has 2 N–H and O–H groups in total. The standard InChI is InChI=1S/C22H26Cl2NO8P/c1-22(2,3)33-21(28)25-19(20(26)27)14-32-34(29,30-12-15-6-4-8-17(23)10-15)31-13-16-7-5-9-18(24)11-16/h4-11,19H,12-14H2,1-3H3,(H,25,28)(H,26,27)/t19-/m0/s1. The quantitative estimate of drug-likeness (QED) is 0.346. The van der Waals surface area contributed by atoms with Gasteiger partial charge in [-0.05, 0) is 56.2 Å². The number of carbonyl (C=O) groups excluding carboxylic acids is 1. The van der Waals surface area contributed by atoms with Crippen LogP contribution < -0.4 is 5.32 Å². The Bertz CT molecular complexity index is 990. The van der Waals surface area contributed by atoms with Gasteiger partial charge in [-0.25, -0.2) is 14.2 Å². The van der Waals surface area contributed by atoms with E-state index in [-0.39, 0.29) is 13.2 Å². The number of alkyl carbamates (subject to hydrolysis) is 1. The summed E-state index contributed by atoms with van der Waals surface area (Å²) in [4.78, 5) is 23.6. The van der Waals surface area contributed by atoms with E-state index in [0.29, 0.717) is 21.2 Å². The number of carboxylic acid groups (broad SMARTS) is 1. The van der Waals surface area contributed by atoms with Crippen LogP contribution in [0.3, 0.4) is 0 Å². The highest BCUT2D eigenvalue weighted by atomic mass is 35.5. The van der Waals surface area contributed by atoms with E-state index >= 15 is 0 Å². The molecule has 34 heavy (non-hydrogen) atoms. The van der Waals surface area contributed by atoms with E-state index in [1.165, 1.54) is 0 Å². The molecule has 0 aromatic heterocycles. The summed E-state index contributed by atoms with van der Waals surface area (Å²) in [5.74, 6) is -1.43. The van der Waals surface area contributed by atoms with Crippen LogP contribution in [-0.4, -0.2) is 35.4 Å². The number of halogens is 2. The van der Waals surface area contributed by atoms with Crippen LogP contribution >= 0.6 is 31.0 Å². The van der Waals surface area contributed by atoms with E-state index in [1.807, 2.05) is 0 Å². The van der Waals surface area contributed by atoms with Crippen molar-refractivity contribution in [1.29, 1.82) is 0 Å². The molecule has 9 nitrogen and oxygen atoms in total. The molecule has 186 valence electrons. The Morgan fingerprint density at radius 3 is 1.88 bits per heavy atom. The first-order valence-electron chi connectivity index (χ1n) is 10.1. The van der Waals surface area contributed by atoms with E-state index in [1.54, 1.807) is 69.3 Å². The van der Waals surface area contributed by atoms with Gasteiger partial charge in [0.25, 0.3) is 0 Å². The zero-order chi connectivity index (χ0) is 25.4. The molecule has 0 spiro atoms. The van der Waals surface area contributed by atoms with Crippen LogP contribution in [0, 0.1) is 0 Å².